The summed E-state index contributed by atoms with van der Waals surface area (Å²) in [5, 5.41) is 14.0. The van der Waals surface area contributed by atoms with Crippen LogP contribution in [0.5, 0.6) is 0 Å². The van der Waals surface area contributed by atoms with E-state index in [4.69, 9.17) is 19.9 Å². The minimum atomic E-state index is 0.390. The van der Waals surface area contributed by atoms with Gasteiger partial charge in [0.2, 0.25) is 0 Å². The highest BCUT2D eigenvalue weighted by Gasteiger charge is 2.19. The number of pyridine rings is 1. The fraction of sp³-hybridized carbons (Fsp3) is 0. The van der Waals surface area contributed by atoms with Crippen molar-refractivity contribution in [1.29, 1.82) is 5.26 Å². The summed E-state index contributed by atoms with van der Waals surface area (Å²) in [6, 6.07) is 61.9. The summed E-state index contributed by atoms with van der Waals surface area (Å²) in [7, 11) is 0. The van der Waals surface area contributed by atoms with Gasteiger partial charge in [-0.25, -0.2) is 19.9 Å². The van der Waals surface area contributed by atoms with Gasteiger partial charge in [-0.05, 0) is 62.0 Å². The minimum absolute atomic E-state index is 0.390. The summed E-state index contributed by atoms with van der Waals surface area (Å²) in [6.07, 6.45) is 0. The molecule has 2 aromatic heterocycles. The highest BCUT2D eigenvalue weighted by atomic mass is 15.0. The predicted molar refractivity (Wildman–Crippen MR) is 210 cm³/mol. The number of fused-ring (bicyclic) bond motifs is 2. The topological polar surface area (TPSA) is 75.3 Å². The molecule has 0 aliphatic rings. The Morgan fingerprint density at radius 3 is 1.35 bits per heavy atom. The molecule has 5 nitrogen and oxygen atoms in total. The Bertz CT molecular complexity index is 2730. The lowest BCUT2D eigenvalue weighted by Crippen LogP contribution is -2.00. The molecule has 0 N–H and O–H groups in total. The zero-order valence-electron chi connectivity index (χ0n) is 28.0. The summed E-state index contributed by atoms with van der Waals surface area (Å²) in [6.45, 7) is 0. The molecule has 0 bridgehead atoms. The molecule has 7 aromatic carbocycles. The second-order valence-corrected chi connectivity index (χ2v) is 12.6. The Morgan fingerprint density at radius 2 is 0.750 bits per heavy atom. The highest BCUT2D eigenvalue weighted by Crippen LogP contribution is 2.43. The summed E-state index contributed by atoms with van der Waals surface area (Å²) in [5.74, 6) is 1.83. The van der Waals surface area contributed by atoms with Crippen LogP contribution in [0, 0.1) is 11.3 Å². The van der Waals surface area contributed by atoms with Crippen LogP contribution in [0.2, 0.25) is 0 Å². The standard InChI is InChI=1S/C47H29N5/c48-30-37-19-12-24-42(49-37)44-40-22-9-7-20-38(40)43(39-21-8-10-23-41(39)44)35-17-11-18-36(29-35)47-51-45(33-15-5-2-6-16-33)50-46(52-47)34-27-25-32(26-28-34)31-13-3-1-4-14-31/h1-29H. The smallest absolute Gasteiger partial charge is 0.164 e. The Balaban J connectivity index is 1.22. The van der Waals surface area contributed by atoms with Crippen molar-refractivity contribution in [3.63, 3.8) is 0 Å². The van der Waals surface area contributed by atoms with E-state index in [2.05, 4.69) is 115 Å². The number of hydrogen-bond acceptors (Lipinski definition) is 5. The molecule has 0 spiro atoms. The molecule has 5 heteroatoms. The number of nitrogens with zero attached hydrogens (tertiary/aromatic N) is 5. The van der Waals surface area contributed by atoms with E-state index in [1.54, 1.807) is 6.07 Å². The molecule has 9 rings (SSSR count). The van der Waals surface area contributed by atoms with Crippen molar-refractivity contribution >= 4 is 21.5 Å². The Kier molecular flexibility index (Phi) is 7.81. The first-order valence-electron chi connectivity index (χ1n) is 17.1. The monoisotopic (exact) mass is 663 g/mol. The van der Waals surface area contributed by atoms with Gasteiger partial charge >= 0.3 is 0 Å². The van der Waals surface area contributed by atoms with Gasteiger partial charge in [-0.15, -0.1) is 0 Å². The number of rotatable bonds is 6. The van der Waals surface area contributed by atoms with Crippen LogP contribution in [-0.2, 0) is 0 Å². The number of hydrogen-bond donors (Lipinski definition) is 0. The fourth-order valence-electron chi connectivity index (χ4n) is 6.96. The largest absolute Gasteiger partial charge is 0.237 e. The average molecular weight is 664 g/mol. The second kappa shape index (κ2) is 13.2. The first-order chi connectivity index (χ1) is 25.7. The summed E-state index contributed by atoms with van der Waals surface area (Å²) >= 11 is 0. The van der Waals surface area contributed by atoms with E-state index in [-0.39, 0.29) is 0 Å². The third-order valence-corrected chi connectivity index (χ3v) is 9.38. The lowest BCUT2D eigenvalue weighted by molar-refractivity contribution is 1.07. The number of nitriles is 1. The van der Waals surface area contributed by atoms with Gasteiger partial charge in [-0.1, -0.05) is 158 Å². The Labute approximate surface area is 301 Å². The fourth-order valence-corrected chi connectivity index (χ4v) is 6.96. The van der Waals surface area contributed by atoms with E-state index < -0.39 is 0 Å². The average Bonchev–Trinajstić information content (AvgIpc) is 3.23. The molecule has 0 saturated heterocycles. The molecular formula is C47H29N5. The molecule has 0 fully saturated rings. The van der Waals surface area contributed by atoms with Crippen LogP contribution in [0.25, 0.3) is 89.2 Å². The van der Waals surface area contributed by atoms with E-state index in [9.17, 15) is 5.26 Å². The number of aromatic nitrogens is 4. The van der Waals surface area contributed by atoms with Crippen LogP contribution in [0.4, 0.5) is 0 Å². The third kappa shape index (κ3) is 5.65. The van der Waals surface area contributed by atoms with Crippen LogP contribution in [0.15, 0.2) is 176 Å². The van der Waals surface area contributed by atoms with Crippen molar-refractivity contribution in [3.8, 4) is 73.7 Å². The van der Waals surface area contributed by atoms with E-state index in [0.29, 0.717) is 23.2 Å². The molecular weight excluding hydrogens is 635 g/mol. The molecule has 0 atom stereocenters. The molecule has 242 valence electrons. The maximum Gasteiger partial charge on any atom is 0.164 e. The van der Waals surface area contributed by atoms with Gasteiger partial charge < -0.3 is 0 Å². The van der Waals surface area contributed by atoms with E-state index >= 15 is 0 Å². The summed E-state index contributed by atoms with van der Waals surface area (Å²) in [4.78, 5) is 19.8. The van der Waals surface area contributed by atoms with E-state index in [1.165, 1.54) is 0 Å². The van der Waals surface area contributed by atoms with Crippen molar-refractivity contribution < 1.29 is 0 Å². The van der Waals surface area contributed by atoms with Crippen LogP contribution in [-0.4, -0.2) is 19.9 Å². The van der Waals surface area contributed by atoms with Gasteiger partial charge in [-0.3, -0.25) is 0 Å². The second-order valence-electron chi connectivity index (χ2n) is 12.6. The molecule has 0 unspecified atom stereocenters. The molecule has 0 amide bonds. The van der Waals surface area contributed by atoms with Gasteiger partial charge in [0.05, 0.1) is 5.69 Å². The maximum atomic E-state index is 9.64. The SMILES string of the molecule is N#Cc1cccc(-c2c3ccccc3c(-c3cccc(-c4nc(-c5ccccc5)nc(-c5ccc(-c6ccccc6)cc5)n4)c3)c3ccccc23)n1. The van der Waals surface area contributed by atoms with Crippen molar-refractivity contribution in [3.05, 3.63) is 182 Å². The molecule has 0 aliphatic heterocycles. The molecule has 9 aromatic rings. The zero-order valence-corrected chi connectivity index (χ0v) is 28.0. The quantitative estimate of drug-likeness (QED) is 0.166. The van der Waals surface area contributed by atoms with Gasteiger partial charge in [-0.2, -0.15) is 5.26 Å². The van der Waals surface area contributed by atoms with E-state index in [0.717, 1.165) is 71.7 Å². The predicted octanol–water partition coefficient (Wildman–Crippen LogP) is 11.4. The third-order valence-electron chi connectivity index (χ3n) is 9.38. The van der Waals surface area contributed by atoms with Gasteiger partial charge in [0.15, 0.2) is 17.5 Å². The molecule has 0 saturated carbocycles. The Morgan fingerprint density at radius 1 is 0.327 bits per heavy atom. The Hall–Kier alpha value is -7.29. The lowest BCUT2D eigenvalue weighted by Gasteiger charge is -2.17. The van der Waals surface area contributed by atoms with E-state index in [1.807, 2.05) is 60.7 Å². The van der Waals surface area contributed by atoms with Crippen LogP contribution in [0.1, 0.15) is 5.69 Å². The molecule has 0 aliphatic carbocycles. The summed E-state index contributed by atoms with van der Waals surface area (Å²) < 4.78 is 0. The van der Waals surface area contributed by atoms with Crippen LogP contribution >= 0.6 is 0 Å². The molecule has 52 heavy (non-hydrogen) atoms. The summed E-state index contributed by atoms with van der Waals surface area (Å²) in [5.41, 5.74) is 9.35. The molecule has 0 radical (unpaired) electrons. The van der Waals surface area contributed by atoms with Gasteiger partial charge in [0, 0.05) is 22.3 Å². The van der Waals surface area contributed by atoms with Crippen molar-refractivity contribution in [1.82, 2.24) is 19.9 Å². The van der Waals surface area contributed by atoms with Crippen LogP contribution < -0.4 is 0 Å². The van der Waals surface area contributed by atoms with Crippen LogP contribution in [0.3, 0.4) is 0 Å². The van der Waals surface area contributed by atoms with Crippen molar-refractivity contribution in [2.75, 3.05) is 0 Å². The first-order valence-corrected chi connectivity index (χ1v) is 17.1. The maximum absolute atomic E-state index is 9.64. The normalized spacial score (nSPS) is 11.1. The van der Waals surface area contributed by atoms with Crippen molar-refractivity contribution in [2.45, 2.75) is 0 Å². The highest BCUT2D eigenvalue weighted by molar-refractivity contribution is 6.21. The number of benzene rings is 7. The first kappa shape index (κ1) is 30.7. The van der Waals surface area contributed by atoms with Gasteiger partial charge in [0.25, 0.3) is 0 Å². The van der Waals surface area contributed by atoms with Gasteiger partial charge in [0.1, 0.15) is 11.8 Å². The molecule has 2 heterocycles. The minimum Gasteiger partial charge on any atom is -0.237 e. The lowest BCUT2D eigenvalue weighted by atomic mass is 9.87. The van der Waals surface area contributed by atoms with Crippen molar-refractivity contribution in [2.24, 2.45) is 0 Å². The zero-order chi connectivity index (χ0) is 34.9.